The molecule has 2 fully saturated rings. The van der Waals surface area contributed by atoms with Gasteiger partial charge in [0.15, 0.2) is 0 Å². The van der Waals surface area contributed by atoms with Crippen LogP contribution in [-0.4, -0.2) is 46.1 Å². The minimum Gasteiger partial charge on any atom is -0.391 e. The number of nitrogens with one attached hydrogen (secondary N) is 1. The largest absolute Gasteiger partial charge is 0.391 e. The molecule has 20 heavy (non-hydrogen) atoms. The molecule has 2 N–H and O–H groups in total. The molecule has 0 radical (unpaired) electrons. The lowest BCUT2D eigenvalue weighted by molar-refractivity contribution is -0.149. The first-order valence-corrected chi connectivity index (χ1v) is 7.84. The van der Waals surface area contributed by atoms with Crippen LogP contribution in [0, 0.1) is 0 Å². The fourth-order valence-corrected chi connectivity index (χ4v) is 3.46. The van der Waals surface area contributed by atoms with Crippen LogP contribution in [0.3, 0.4) is 0 Å². The fourth-order valence-electron chi connectivity index (χ4n) is 3.46. The summed E-state index contributed by atoms with van der Waals surface area (Å²) < 4.78 is 0. The molecule has 0 aliphatic carbocycles. The molecule has 0 aromatic carbocycles. The molecule has 114 valence electrons. The molecule has 2 aliphatic rings. The van der Waals surface area contributed by atoms with Gasteiger partial charge in [0.2, 0.25) is 11.8 Å². The minimum absolute atomic E-state index is 0.0994. The van der Waals surface area contributed by atoms with Crippen molar-refractivity contribution >= 4 is 11.8 Å². The van der Waals surface area contributed by atoms with Crippen molar-refractivity contribution in [1.82, 2.24) is 10.2 Å². The molecule has 4 atom stereocenters. The molecule has 4 unspecified atom stereocenters. The molecule has 0 bridgehead atoms. The summed E-state index contributed by atoms with van der Waals surface area (Å²) in [6, 6.07) is -0.329. The Hall–Kier alpha value is -1.10. The first kappa shape index (κ1) is 15.3. The Bertz CT molecular complexity index is 368. The molecule has 0 aromatic heterocycles. The molecule has 2 rings (SSSR count). The first-order valence-electron chi connectivity index (χ1n) is 7.84. The van der Waals surface area contributed by atoms with E-state index in [9.17, 15) is 14.7 Å². The zero-order chi connectivity index (χ0) is 14.7. The summed E-state index contributed by atoms with van der Waals surface area (Å²) >= 11 is 0. The average Bonchev–Trinajstić information content (AvgIpc) is 2.43. The number of rotatable bonds is 4. The number of aliphatic hydroxyl groups is 1. The number of hydrogen-bond acceptors (Lipinski definition) is 3. The molecule has 5 heteroatoms. The van der Waals surface area contributed by atoms with Crippen molar-refractivity contribution in [3.05, 3.63) is 0 Å². The quantitative estimate of drug-likeness (QED) is 0.814. The topological polar surface area (TPSA) is 69.6 Å². The van der Waals surface area contributed by atoms with E-state index >= 15 is 0 Å². The van der Waals surface area contributed by atoms with Gasteiger partial charge in [-0.05, 0) is 45.4 Å². The summed E-state index contributed by atoms with van der Waals surface area (Å²) in [5, 5.41) is 12.6. The van der Waals surface area contributed by atoms with E-state index in [1.165, 1.54) is 0 Å². The molecule has 2 aliphatic heterocycles. The van der Waals surface area contributed by atoms with Crippen molar-refractivity contribution in [1.29, 1.82) is 0 Å². The zero-order valence-corrected chi connectivity index (χ0v) is 12.5. The van der Waals surface area contributed by atoms with E-state index in [1.807, 2.05) is 11.8 Å². The Balaban J connectivity index is 2.05. The number of carbonyl (C=O) groups is 2. The SMILES string of the molecule is CCC(NC(=O)C1CCCC2CCCC(=O)N21)C(C)O. The minimum atomic E-state index is -0.569. The Morgan fingerprint density at radius 2 is 2.10 bits per heavy atom. The summed E-state index contributed by atoms with van der Waals surface area (Å²) in [5.41, 5.74) is 0. The van der Waals surface area contributed by atoms with Crippen LogP contribution in [0.2, 0.25) is 0 Å². The third-order valence-corrected chi connectivity index (χ3v) is 4.61. The van der Waals surface area contributed by atoms with Crippen LogP contribution >= 0.6 is 0 Å². The van der Waals surface area contributed by atoms with E-state index in [2.05, 4.69) is 5.32 Å². The third-order valence-electron chi connectivity index (χ3n) is 4.61. The molecular formula is C15H26N2O3. The van der Waals surface area contributed by atoms with Gasteiger partial charge in [-0.15, -0.1) is 0 Å². The predicted octanol–water partition coefficient (Wildman–Crippen LogP) is 1.20. The molecule has 0 spiro atoms. The van der Waals surface area contributed by atoms with Crippen LogP contribution in [-0.2, 0) is 9.59 Å². The summed E-state index contributed by atoms with van der Waals surface area (Å²) in [7, 11) is 0. The van der Waals surface area contributed by atoms with Gasteiger partial charge in [-0.3, -0.25) is 9.59 Å². The normalized spacial score (nSPS) is 29.6. The van der Waals surface area contributed by atoms with Crippen LogP contribution in [0.15, 0.2) is 0 Å². The van der Waals surface area contributed by atoms with Crippen LogP contribution < -0.4 is 5.32 Å². The maximum absolute atomic E-state index is 12.5. The Kier molecular flexibility index (Phi) is 5.02. The first-order chi connectivity index (χ1) is 9.54. The molecule has 0 saturated carbocycles. The second-order valence-corrected chi connectivity index (χ2v) is 6.06. The summed E-state index contributed by atoms with van der Waals surface area (Å²) in [4.78, 5) is 26.4. The van der Waals surface area contributed by atoms with Crippen LogP contribution in [0.4, 0.5) is 0 Å². The van der Waals surface area contributed by atoms with E-state index in [0.717, 1.165) is 32.1 Å². The second-order valence-electron chi connectivity index (χ2n) is 6.06. The number of piperidine rings is 2. The summed E-state index contributed by atoms with van der Waals surface area (Å²) in [6.45, 7) is 3.62. The lowest BCUT2D eigenvalue weighted by Gasteiger charge is -2.44. The number of nitrogens with zero attached hydrogens (tertiary/aromatic N) is 1. The van der Waals surface area contributed by atoms with Gasteiger partial charge in [-0.2, -0.15) is 0 Å². The van der Waals surface area contributed by atoms with Gasteiger partial charge < -0.3 is 15.3 Å². The number of amides is 2. The van der Waals surface area contributed by atoms with E-state index in [4.69, 9.17) is 0 Å². The number of hydrogen-bond donors (Lipinski definition) is 2. The average molecular weight is 282 g/mol. The summed E-state index contributed by atoms with van der Waals surface area (Å²) in [5.74, 6) is 0.0175. The van der Waals surface area contributed by atoms with E-state index in [0.29, 0.717) is 12.8 Å². The molecule has 2 amide bonds. The molecule has 0 aromatic rings. The van der Waals surface area contributed by atoms with Crippen molar-refractivity contribution in [3.8, 4) is 0 Å². The maximum atomic E-state index is 12.5. The standard InChI is InChI=1S/C15H26N2O3/c1-3-12(10(2)18)16-15(20)13-8-4-6-11-7-5-9-14(19)17(11)13/h10-13,18H,3-9H2,1-2H3,(H,16,20). The zero-order valence-electron chi connectivity index (χ0n) is 12.5. The highest BCUT2D eigenvalue weighted by Gasteiger charge is 2.40. The molecule has 5 nitrogen and oxygen atoms in total. The summed E-state index contributed by atoms with van der Waals surface area (Å²) in [6.07, 6.45) is 5.40. The second kappa shape index (κ2) is 6.57. The highest BCUT2D eigenvalue weighted by atomic mass is 16.3. The van der Waals surface area contributed by atoms with Gasteiger partial charge in [-0.1, -0.05) is 6.92 Å². The highest BCUT2D eigenvalue weighted by molar-refractivity contribution is 5.88. The predicted molar refractivity (Wildman–Crippen MR) is 76.0 cm³/mol. The van der Waals surface area contributed by atoms with Gasteiger partial charge in [0.25, 0.3) is 0 Å². The van der Waals surface area contributed by atoms with Gasteiger partial charge >= 0.3 is 0 Å². The van der Waals surface area contributed by atoms with Crippen molar-refractivity contribution in [2.45, 2.75) is 83.0 Å². The number of fused-ring (bicyclic) bond motifs is 1. The van der Waals surface area contributed by atoms with Gasteiger partial charge in [0.1, 0.15) is 6.04 Å². The van der Waals surface area contributed by atoms with Gasteiger partial charge in [0.05, 0.1) is 12.1 Å². The number of aliphatic hydroxyl groups excluding tert-OH is 1. The lowest BCUT2D eigenvalue weighted by atomic mass is 9.88. The Morgan fingerprint density at radius 3 is 2.75 bits per heavy atom. The molecular weight excluding hydrogens is 256 g/mol. The van der Waals surface area contributed by atoms with Crippen LogP contribution in [0.25, 0.3) is 0 Å². The Labute approximate surface area is 120 Å². The van der Waals surface area contributed by atoms with E-state index < -0.39 is 6.10 Å². The number of carbonyl (C=O) groups excluding carboxylic acids is 2. The van der Waals surface area contributed by atoms with Crippen molar-refractivity contribution in [3.63, 3.8) is 0 Å². The van der Waals surface area contributed by atoms with Crippen molar-refractivity contribution < 1.29 is 14.7 Å². The maximum Gasteiger partial charge on any atom is 0.243 e. The Morgan fingerprint density at radius 1 is 1.40 bits per heavy atom. The molecule has 2 saturated heterocycles. The van der Waals surface area contributed by atoms with Crippen LogP contribution in [0.1, 0.15) is 58.8 Å². The third kappa shape index (κ3) is 3.14. The molecule has 2 heterocycles. The lowest BCUT2D eigenvalue weighted by Crippen LogP contribution is -2.59. The van der Waals surface area contributed by atoms with Crippen molar-refractivity contribution in [2.75, 3.05) is 0 Å². The van der Waals surface area contributed by atoms with E-state index in [1.54, 1.807) is 6.92 Å². The van der Waals surface area contributed by atoms with Gasteiger partial charge in [0, 0.05) is 12.5 Å². The monoisotopic (exact) mass is 282 g/mol. The van der Waals surface area contributed by atoms with E-state index in [-0.39, 0.29) is 29.9 Å². The highest BCUT2D eigenvalue weighted by Crippen LogP contribution is 2.31. The van der Waals surface area contributed by atoms with Gasteiger partial charge in [-0.25, -0.2) is 0 Å². The van der Waals surface area contributed by atoms with Crippen LogP contribution in [0.5, 0.6) is 0 Å². The van der Waals surface area contributed by atoms with Crippen molar-refractivity contribution in [2.24, 2.45) is 0 Å². The fraction of sp³-hybridized carbons (Fsp3) is 0.867. The smallest absolute Gasteiger partial charge is 0.243 e.